The molecule has 0 saturated carbocycles. The second-order valence-electron chi connectivity index (χ2n) is 3.11. The highest BCUT2D eigenvalue weighted by Gasteiger charge is 2.15. The van der Waals surface area contributed by atoms with E-state index in [2.05, 4.69) is 4.98 Å². The van der Waals surface area contributed by atoms with Crippen LogP contribution in [0.5, 0.6) is 5.75 Å². The van der Waals surface area contributed by atoms with Gasteiger partial charge in [-0.25, -0.2) is 4.98 Å². The van der Waals surface area contributed by atoms with Crippen LogP contribution >= 0.6 is 11.6 Å². The van der Waals surface area contributed by atoms with E-state index in [0.717, 1.165) is 0 Å². The van der Waals surface area contributed by atoms with Gasteiger partial charge in [-0.3, -0.25) is 10.1 Å². The average molecular weight is 239 g/mol. The molecule has 0 atom stereocenters. The third-order valence-corrected chi connectivity index (χ3v) is 2.35. The van der Waals surface area contributed by atoms with E-state index < -0.39 is 4.92 Å². The van der Waals surface area contributed by atoms with Crippen molar-refractivity contribution in [2.45, 2.75) is 0 Å². The monoisotopic (exact) mass is 238 g/mol. The van der Waals surface area contributed by atoms with Gasteiger partial charge in [0.05, 0.1) is 18.1 Å². The molecule has 0 N–H and O–H groups in total. The van der Waals surface area contributed by atoms with Gasteiger partial charge in [0.25, 0.3) is 5.69 Å². The molecule has 82 valence electrons. The fourth-order valence-corrected chi connectivity index (χ4v) is 1.57. The summed E-state index contributed by atoms with van der Waals surface area (Å²) in [6, 6.07) is 6.24. The minimum absolute atomic E-state index is 0.114. The highest BCUT2D eigenvalue weighted by Crippen LogP contribution is 2.30. The van der Waals surface area contributed by atoms with Gasteiger partial charge in [-0.1, -0.05) is 11.6 Å². The smallest absolute Gasteiger partial charge is 0.299 e. The number of nitrogens with zero attached hydrogens (tertiary/aromatic N) is 2. The van der Waals surface area contributed by atoms with Gasteiger partial charge in [0.2, 0.25) is 0 Å². The maximum atomic E-state index is 10.9. The molecule has 0 saturated heterocycles. The first kappa shape index (κ1) is 10.6. The number of benzene rings is 1. The maximum Gasteiger partial charge on any atom is 0.299 e. The van der Waals surface area contributed by atoms with Crippen molar-refractivity contribution in [2.24, 2.45) is 0 Å². The molecule has 0 aliphatic carbocycles. The van der Waals surface area contributed by atoms with Crippen LogP contribution in [0.1, 0.15) is 0 Å². The van der Waals surface area contributed by atoms with Gasteiger partial charge in [-0.05, 0) is 18.2 Å². The largest absolute Gasteiger partial charge is 0.496 e. The fourth-order valence-electron chi connectivity index (χ4n) is 1.42. The highest BCUT2D eigenvalue weighted by molar-refractivity contribution is 6.29. The zero-order valence-electron chi connectivity index (χ0n) is 8.31. The Labute approximate surface area is 95.8 Å². The fraction of sp³-hybridized carbons (Fsp3) is 0.100. The van der Waals surface area contributed by atoms with Crippen molar-refractivity contribution in [3.63, 3.8) is 0 Å². The van der Waals surface area contributed by atoms with Crippen LogP contribution in [-0.4, -0.2) is 17.0 Å². The molecular formula is C10H7ClN2O3. The van der Waals surface area contributed by atoms with Gasteiger partial charge in [0, 0.05) is 5.39 Å². The topological polar surface area (TPSA) is 65.3 Å². The van der Waals surface area contributed by atoms with Crippen LogP contribution in [0, 0.1) is 10.1 Å². The quantitative estimate of drug-likeness (QED) is 0.458. The highest BCUT2D eigenvalue weighted by atomic mass is 35.5. The molecule has 0 unspecified atom stereocenters. The zero-order chi connectivity index (χ0) is 11.7. The third kappa shape index (κ3) is 1.77. The SMILES string of the molecule is COc1cc([N+](=O)[O-])c2nc(Cl)ccc2c1. The molecule has 0 aliphatic heterocycles. The molecule has 1 aromatic heterocycles. The Bertz CT molecular complexity index is 571. The van der Waals surface area contributed by atoms with Crippen LogP contribution < -0.4 is 4.74 Å². The Kier molecular flexibility index (Phi) is 2.62. The van der Waals surface area contributed by atoms with Crippen molar-refractivity contribution in [3.8, 4) is 5.75 Å². The Morgan fingerprint density at radius 3 is 2.81 bits per heavy atom. The Morgan fingerprint density at radius 1 is 1.44 bits per heavy atom. The number of methoxy groups -OCH3 is 1. The van der Waals surface area contributed by atoms with E-state index in [1.807, 2.05) is 0 Å². The maximum absolute atomic E-state index is 10.9. The Morgan fingerprint density at radius 2 is 2.19 bits per heavy atom. The number of hydrogen-bond acceptors (Lipinski definition) is 4. The van der Waals surface area contributed by atoms with Crippen LogP contribution in [-0.2, 0) is 0 Å². The van der Waals surface area contributed by atoms with Gasteiger partial charge < -0.3 is 4.74 Å². The summed E-state index contributed by atoms with van der Waals surface area (Å²) in [5.74, 6) is 0.420. The number of rotatable bonds is 2. The van der Waals surface area contributed by atoms with Crippen LogP contribution in [0.15, 0.2) is 24.3 Å². The molecule has 0 bridgehead atoms. The predicted molar refractivity (Wildman–Crippen MR) is 60.0 cm³/mol. The van der Waals surface area contributed by atoms with E-state index in [9.17, 15) is 10.1 Å². The molecule has 1 heterocycles. The minimum Gasteiger partial charge on any atom is -0.496 e. The van der Waals surface area contributed by atoms with Gasteiger partial charge in [-0.2, -0.15) is 0 Å². The van der Waals surface area contributed by atoms with Crippen LogP contribution in [0.25, 0.3) is 10.9 Å². The molecule has 0 radical (unpaired) electrons. The number of non-ortho nitro benzene ring substituents is 1. The summed E-state index contributed by atoms with van der Waals surface area (Å²) in [6.07, 6.45) is 0. The molecular weight excluding hydrogens is 232 g/mol. The van der Waals surface area contributed by atoms with Crippen molar-refractivity contribution >= 4 is 28.2 Å². The average Bonchev–Trinajstić information content (AvgIpc) is 2.27. The lowest BCUT2D eigenvalue weighted by atomic mass is 10.2. The molecule has 0 fully saturated rings. The first-order valence-corrected chi connectivity index (χ1v) is 4.78. The standard InChI is InChI=1S/C10H7ClN2O3/c1-16-7-4-6-2-3-9(11)12-10(6)8(5-7)13(14)15/h2-5H,1H3. The molecule has 0 aliphatic rings. The van der Waals surface area contributed by atoms with Crippen molar-refractivity contribution in [2.75, 3.05) is 7.11 Å². The first-order valence-electron chi connectivity index (χ1n) is 4.40. The summed E-state index contributed by atoms with van der Waals surface area (Å²) < 4.78 is 4.98. The van der Waals surface area contributed by atoms with Crippen molar-refractivity contribution in [3.05, 3.63) is 39.5 Å². The first-order chi connectivity index (χ1) is 7.61. The molecule has 16 heavy (non-hydrogen) atoms. The summed E-state index contributed by atoms with van der Waals surface area (Å²) in [5.41, 5.74) is 0.148. The number of nitro groups is 1. The van der Waals surface area contributed by atoms with Gasteiger partial charge in [0.15, 0.2) is 0 Å². The molecule has 6 heteroatoms. The zero-order valence-corrected chi connectivity index (χ0v) is 9.06. The van der Waals surface area contributed by atoms with E-state index in [1.54, 1.807) is 18.2 Å². The van der Waals surface area contributed by atoms with Crippen molar-refractivity contribution < 1.29 is 9.66 Å². The normalized spacial score (nSPS) is 10.4. The number of pyridine rings is 1. The second kappa shape index (κ2) is 3.94. The number of halogens is 1. The molecule has 1 aromatic carbocycles. The summed E-state index contributed by atoms with van der Waals surface area (Å²) >= 11 is 5.70. The van der Waals surface area contributed by atoms with Crippen LogP contribution in [0.4, 0.5) is 5.69 Å². The lowest BCUT2D eigenvalue weighted by molar-refractivity contribution is -0.383. The Hall–Kier alpha value is -1.88. The summed E-state index contributed by atoms with van der Waals surface area (Å²) in [7, 11) is 1.45. The molecule has 0 amide bonds. The lowest BCUT2D eigenvalue weighted by Gasteiger charge is -2.03. The molecule has 5 nitrogen and oxygen atoms in total. The second-order valence-corrected chi connectivity index (χ2v) is 3.50. The van der Waals surface area contributed by atoms with E-state index in [4.69, 9.17) is 16.3 Å². The molecule has 2 aromatic rings. The number of ether oxygens (including phenoxy) is 1. The van der Waals surface area contributed by atoms with Gasteiger partial charge in [0.1, 0.15) is 16.4 Å². The Balaban J connectivity index is 2.82. The number of aromatic nitrogens is 1. The van der Waals surface area contributed by atoms with Gasteiger partial charge in [-0.15, -0.1) is 0 Å². The van der Waals surface area contributed by atoms with Crippen molar-refractivity contribution in [1.29, 1.82) is 0 Å². The van der Waals surface area contributed by atoms with Crippen LogP contribution in [0.3, 0.4) is 0 Å². The summed E-state index contributed by atoms with van der Waals surface area (Å²) in [5, 5.41) is 11.7. The number of nitro benzene ring substituents is 1. The van der Waals surface area contributed by atoms with E-state index in [-0.39, 0.29) is 16.4 Å². The molecule has 2 rings (SSSR count). The minimum atomic E-state index is -0.506. The van der Waals surface area contributed by atoms with Crippen molar-refractivity contribution in [1.82, 2.24) is 4.98 Å². The summed E-state index contributed by atoms with van der Waals surface area (Å²) in [6.45, 7) is 0. The lowest BCUT2D eigenvalue weighted by Crippen LogP contribution is -1.93. The van der Waals surface area contributed by atoms with E-state index in [0.29, 0.717) is 11.1 Å². The summed E-state index contributed by atoms with van der Waals surface area (Å²) in [4.78, 5) is 14.3. The number of fused-ring (bicyclic) bond motifs is 1. The van der Waals surface area contributed by atoms with E-state index in [1.165, 1.54) is 13.2 Å². The third-order valence-electron chi connectivity index (χ3n) is 2.14. The number of hydrogen-bond donors (Lipinski definition) is 0. The van der Waals surface area contributed by atoms with E-state index >= 15 is 0 Å². The molecule has 0 spiro atoms. The van der Waals surface area contributed by atoms with Gasteiger partial charge >= 0.3 is 0 Å². The van der Waals surface area contributed by atoms with Crippen LogP contribution in [0.2, 0.25) is 5.15 Å². The predicted octanol–water partition coefficient (Wildman–Crippen LogP) is 2.81.